The smallest absolute Gasteiger partial charge is 0.216 e. The first-order valence-electron chi connectivity index (χ1n) is 4.40. The Balaban J connectivity index is 2.69. The number of alkyl halides is 3. The van der Waals surface area contributed by atoms with Crippen LogP contribution in [0.5, 0.6) is 0 Å². The van der Waals surface area contributed by atoms with E-state index < -0.39 is 3.79 Å². The van der Waals surface area contributed by atoms with Gasteiger partial charge in [0.25, 0.3) is 0 Å². The van der Waals surface area contributed by atoms with Crippen LogP contribution in [-0.2, 0) is 10.2 Å². The summed E-state index contributed by atoms with van der Waals surface area (Å²) in [6.45, 7) is 0.701. The van der Waals surface area contributed by atoms with E-state index in [1.165, 1.54) is 5.56 Å². The van der Waals surface area contributed by atoms with E-state index in [4.69, 9.17) is 40.5 Å². The SMILES string of the molecule is NCCCc1ccc(C(Cl)(Cl)Cl)cc1. The van der Waals surface area contributed by atoms with Crippen LogP contribution in [0.2, 0.25) is 0 Å². The molecule has 78 valence electrons. The Morgan fingerprint density at radius 1 is 1.07 bits per heavy atom. The molecule has 0 bridgehead atoms. The zero-order chi connectivity index (χ0) is 10.6. The molecule has 2 N–H and O–H groups in total. The maximum absolute atomic E-state index is 5.73. The summed E-state index contributed by atoms with van der Waals surface area (Å²) in [5.74, 6) is 0. The summed E-state index contributed by atoms with van der Waals surface area (Å²) in [6.07, 6.45) is 1.95. The number of aryl methyl sites for hydroxylation is 1. The third-order valence-corrected chi connectivity index (χ3v) is 2.61. The zero-order valence-corrected chi connectivity index (χ0v) is 9.91. The van der Waals surface area contributed by atoms with Crippen LogP contribution in [0, 0.1) is 0 Å². The molecular formula is C10H12Cl3N. The first kappa shape index (κ1) is 12.1. The fourth-order valence-corrected chi connectivity index (χ4v) is 1.54. The molecule has 0 unspecified atom stereocenters. The molecule has 14 heavy (non-hydrogen) atoms. The fourth-order valence-electron chi connectivity index (χ4n) is 1.17. The molecule has 1 aromatic rings. The Kier molecular flexibility index (Phi) is 4.52. The molecule has 0 radical (unpaired) electrons. The topological polar surface area (TPSA) is 26.0 Å². The summed E-state index contributed by atoms with van der Waals surface area (Å²) in [5.41, 5.74) is 7.32. The average molecular weight is 253 g/mol. The predicted molar refractivity (Wildman–Crippen MR) is 63.1 cm³/mol. The number of hydrogen-bond donors (Lipinski definition) is 1. The van der Waals surface area contributed by atoms with E-state index in [2.05, 4.69) is 0 Å². The van der Waals surface area contributed by atoms with Crippen molar-refractivity contribution < 1.29 is 0 Å². The molecule has 0 fully saturated rings. The van der Waals surface area contributed by atoms with Gasteiger partial charge in [-0.25, -0.2) is 0 Å². The molecule has 1 aromatic carbocycles. The summed E-state index contributed by atoms with van der Waals surface area (Å²) in [6, 6.07) is 7.59. The summed E-state index contributed by atoms with van der Waals surface area (Å²) in [4.78, 5) is 0. The van der Waals surface area contributed by atoms with Gasteiger partial charge in [0.15, 0.2) is 0 Å². The van der Waals surface area contributed by atoms with E-state index in [-0.39, 0.29) is 0 Å². The molecule has 0 aliphatic rings. The highest BCUT2D eigenvalue weighted by atomic mass is 35.6. The van der Waals surface area contributed by atoms with Gasteiger partial charge in [0.2, 0.25) is 3.79 Å². The van der Waals surface area contributed by atoms with Crippen molar-refractivity contribution in [3.63, 3.8) is 0 Å². The molecule has 0 atom stereocenters. The minimum absolute atomic E-state index is 0.694. The molecular weight excluding hydrogens is 240 g/mol. The number of halogens is 3. The Morgan fingerprint density at radius 2 is 1.64 bits per heavy atom. The van der Waals surface area contributed by atoms with Gasteiger partial charge in [0, 0.05) is 5.56 Å². The molecule has 1 rings (SSSR count). The van der Waals surface area contributed by atoms with E-state index >= 15 is 0 Å². The van der Waals surface area contributed by atoms with Gasteiger partial charge in [0.1, 0.15) is 0 Å². The van der Waals surface area contributed by atoms with Crippen LogP contribution >= 0.6 is 34.8 Å². The highest BCUT2D eigenvalue weighted by Gasteiger charge is 2.21. The van der Waals surface area contributed by atoms with Gasteiger partial charge in [0.05, 0.1) is 0 Å². The van der Waals surface area contributed by atoms with Crippen molar-refractivity contribution in [3.8, 4) is 0 Å². The first-order valence-corrected chi connectivity index (χ1v) is 5.53. The van der Waals surface area contributed by atoms with Crippen molar-refractivity contribution in [1.82, 2.24) is 0 Å². The van der Waals surface area contributed by atoms with Crippen LogP contribution in [0.1, 0.15) is 17.5 Å². The number of hydrogen-bond acceptors (Lipinski definition) is 1. The molecule has 4 heteroatoms. The second-order valence-electron chi connectivity index (χ2n) is 3.09. The average Bonchev–Trinajstić information content (AvgIpc) is 2.14. The van der Waals surface area contributed by atoms with Gasteiger partial charge < -0.3 is 5.73 Å². The lowest BCUT2D eigenvalue weighted by Gasteiger charge is -2.11. The van der Waals surface area contributed by atoms with Crippen LogP contribution in [0.3, 0.4) is 0 Å². The number of benzene rings is 1. The monoisotopic (exact) mass is 251 g/mol. The quantitative estimate of drug-likeness (QED) is 0.820. The van der Waals surface area contributed by atoms with Crippen LogP contribution in [0.25, 0.3) is 0 Å². The summed E-state index contributed by atoms with van der Waals surface area (Å²) in [7, 11) is 0. The highest BCUT2D eigenvalue weighted by Crippen LogP contribution is 2.37. The lowest BCUT2D eigenvalue weighted by atomic mass is 10.1. The molecule has 0 aliphatic heterocycles. The molecule has 0 spiro atoms. The Labute approximate surface area is 99.1 Å². The molecule has 1 nitrogen and oxygen atoms in total. The molecule has 0 amide bonds. The van der Waals surface area contributed by atoms with E-state index in [9.17, 15) is 0 Å². The van der Waals surface area contributed by atoms with Gasteiger partial charge in [-0.05, 0) is 24.9 Å². The molecule has 0 saturated heterocycles. The van der Waals surface area contributed by atoms with Crippen molar-refractivity contribution in [2.45, 2.75) is 16.6 Å². The Morgan fingerprint density at radius 3 is 2.07 bits per heavy atom. The molecule has 0 aliphatic carbocycles. The number of nitrogens with two attached hydrogens (primary N) is 1. The second-order valence-corrected chi connectivity index (χ2v) is 5.37. The zero-order valence-electron chi connectivity index (χ0n) is 7.64. The van der Waals surface area contributed by atoms with E-state index in [1.54, 1.807) is 0 Å². The van der Waals surface area contributed by atoms with E-state index in [1.807, 2.05) is 24.3 Å². The summed E-state index contributed by atoms with van der Waals surface area (Å²) in [5, 5.41) is 0. The standard InChI is InChI=1S/C10H12Cl3N/c11-10(12,13)9-5-3-8(4-6-9)2-1-7-14/h3-6H,1-2,7,14H2. The highest BCUT2D eigenvalue weighted by molar-refractivity contribution is 6.66. The molecule has 0 saturated carbocycles. The van der Waals surface area contributed by atoms with Gasteiger partial charge in [-0.1, -0.05) is 59.1 Å². The van der Waals surface area contributed by atoms with Crippen molar-refractivity contribution in [1.29, 1.82) is 0 Å². The van der Waals surface area contributed by atoms with Crippen molar-refractivity contribution in [2.75, 3.05) is 6.54 Å². The van der Waals surface area contributed by atoms with E-state index in [0.29, 0.717) is 12.1 Å². The van der Waals surface area contributed by atoms with Crippen LogP contribution in [0.4, 0.5) is 0 Å². The van der Waals surface area contributed by atoms with Crippen LogP contribution in [0.15, 0.2) is 24.3 Å². The third-order valence-electron chi connectivity index (χ3n) is 1.95. The third kappa shape index (κ3) is 3.66. The lowest BCUT2D eigenvalue weighted by molar-refractivity contribution is 0.832. The van der Waals surface area contributed by atoms with Gasteiger partial charge >= 0.3 is 0 Å². The van der Waals surface area contributed by atoms with Crippen LogP contribution < -0.4 is 5.73 Å². The molecule has 0 aromatic heterocycles. The summed E-state index contributed by atoms with van der Waals surface area (Å²) < 4.78 is -1.33. The van der Waals surface area contributed by atoms with Crippen molar-refractivity contribution in [2.24, 2.45) is 5.73 Å². The maximum Gasteiger partial charge on any atom is 0.216 e. The van der Waals surface area contributed by atoms with Crippen molar-refractivity contribution in [3.05, 3.63) is 35.4 Å². The maximum atomic E-state index is 5.73. The van der Waals surface area contributed by atoms with Gasteiger partial charge in [-0.2, -0.15) is 0 Å². The van der Waals surface area contributed by atoms with Gasteiger partial charge in [-0.15, -0.1) is 0 Å². The first-order chi connectivity index (χ1) is 6.54. The fraction of sp³-hybridized carbons (Fsp3) is 0.400. The van der Waals surface area contributed by atoms with Crippen LogP contribution in [-0.4, -0.2) is 6.54 Å². The lowest BCUT2D eigenvalue weighted by Crippen LogP contribution is -2.02. The predicted octanol–water partition coefficient (Wildman–Crippen LogP) is 3.40. The number of rotatable bonds is 3. The van der Waals surface area contributed by atoms with Gasteiger partial charge in [-0.3, -0.25) is 0 Å². The Hall–Kier alpha value is 0.0500. The summed E-state index contributed by atoms with van der Waals surface area (Å²) >= 11 is 17.2. The molecule has 0 heterocycles. The van der Waals surface area contributed by atoms with E-state index in [0.717, 1.165) is 12.8 Å². The second kappa shape index (κ2) is 5.22. The van der Waals surface area contributed by atoms with Crippen molar-refractivity contribution >= 4 is 34.8 Å². The normalized spacial score (nSPS) is 11.7. The largest absolute Gasteiger partial charge is 0.330 e. The Bertz CT molecular complexity index is 276. The minimum Gasteiger partial charge on any atom is -0.330 e. The minimum atomic E-state index is -1.33.